The topological polar surface area (TPSA) is 204 Å². The van der Waals surface area contributed by atoms with Gasteiger partial charge in [0.05, 0.1) is 28.3 Å². The fourth-order valence-corrected chi connectivity index (χ4v) is 8.49. The second-order valence-electron chi connectivity index (χ2n) is 13.9. The van der Waals surface area contributed by atoms with E-state index in [2.05, 4.69) is 36.4 Å². The summed E-state index contributed by atoms with van der Waals surface area (Å²) in [4.78, 5) is 41.4. The van der Waals surface area contributed by atoms with Gasteiger partial charge in [0.2, 0.25) is 11.8 Å². The lowest BCUT2D eigenvalue weighted by molar-refractivity contribution is -0.525. The van der Waals surface area contributed by atoms with Crippen LogP contribution in [0.5, 0.6) is 0 Å². The van der Waals surface area contributed by atoms with Crippen LogP contribution in [0.4, 0.5) is 0 Å². The number of hydrazine groups is 1. The molecule has 14 nitrogen and oxygen atoms in total. The summed E-state index contributed by atoms with van der Waals surface area (Å²) in [7, 11) is -4.37. The summed E-state index contributed by atoms with van der Waals surface area (Å²) in [6.07, 6.45) is 2.52. The van der Waals surface area contributed by atoms with Crippen molar-refractivity contribution >= 4 is 34.7 Å². The van der Waals surface area contributed by atoms with Crippen molar-refractivity contribution in [1.29, 1.82) is 0 Å². The molecule has 1 aromatic carbocycles. The average Bonchev–Trinajstić information content (AvgIpc) is 3.34. The first-order valence-electron chi connectivity index (χ1n) is 15.9. The third kappa shape index (κ3) is 8.18. The predicted molar refractivity (Wildman–Crippen MR) is 172 cm³/mol. The van der Waals surface area contributed by atoms with Crippen LogP contribution in [-0.4, -0.2) is 74.3 Å². The van der Waals surface area contributed by atoms with E-state index in [0.29, 0.717) is 18.3 Å². The molecule has 4 aliphatic rings. The molecule has 1 heterocycles. The normalized spacial score (nSPS) is 26.4. The molecule has 0 radical (unpaired) electrons. The highest BCUT2D eigenvalue weighted by molar-refractivity contribution is 7.91. The van der Waals surface area contributed by atoms with Crippen LogP contribution in [0.3, 0.4) is 0 Å². The van der Waals surface area contributed by atoms with Gasteiger partial charge in [0.25, 0.3) is 5.96 Å². The number of rotatable bonds is 15. The molecule has 4 fully saturated rings. The summed E-state index contributed by atoms with van der Waals surface area (Å²) in [5, 5.41) is 15.5. The number of nitrogens with zero attached hydrogens (tertiary/aromatic N) is 2. The van der Waals surface area contributed by atoms with Crippen LogP contribution in [0, 0.1) is 33.3 Å². The van der Waals surface area contributed by atoms with Crippen molar-refractivity contribution in [2.75, 3.05) is 12.3 Å². The van der Waals surface area contributed by atoms with E-state index in [1.165, 1.54) is 12.1 Å². The van der Waals surface area contributed by atoms with Crippen molar-refractivity contribution < 1.29 is 32.3 Å². The Morgan fingerprint density at radius 1 is 1.17 bits per heavy atom. The molecule has 1 aliphatic heterocycles. The van der Waals surface area contributed by atoms with Gasteiger partial charge in [-0.3, -0.25) is 9.59 Å². The monoisotopic (exact) mass is 662 g/mol. The molecular formula is C30H47BN6O8S. The van der Waals surface area contributed by atoms with Crippen LogP contribution in [-0.2, 0) is 28.7 Å². The second kappa shape index (κ2) is 14.3. The molecule has 0 unspecified atom stereocenters. The number of carbonyl (C=O) groups is 2. The van der Waals surface area contributed by atoms with E-state index in [0.717, 1.165) is 12.8 Å². The van der Waals surface area contributed by atoms with Crippen molar-refractivity contribution in [2.45, 2.75) is 102 Å². The SMILES string of the molecule is CC(C)C[C@H](NC(=O)[C@H](CCCN=C(N)N[N+](=O)[O-])NC(=O)CCS(=O)(=O)c1ccccc1)B1O[C@@H]2C[C@@H]3C[C@@H](C3(C)C)[C@]2(C)O1. The van der Waals surface area contributed by atoms with Gasteiger partial charge in [-0.15, -0.1) is 0 Å². The summed E-state index contributed by atoms with van der Waals surface area (Å²) in [6, 6.07) is 6.81. The lowest BCUT2D eigenvalue weighted by Crippen LogP contribution is -2.65. The van der Waals surface area contributed by atoms with Gasteiger partial charge in [-0.05, 0) is 74.3 Å². The van der Waals surface area contributed by atoms with Crippen LogP contribution in [0.2, 0.25) is 0 Å². The number of hydrogen-bond acceptors (Lipinski definition) is 9. The Morgan fingerprint density at radius 2 is 1.87 bits per heavy atom. The Morgan fingerprint density at radius 3 is 2.50 bits per heavy atom. The molecule has 16 heteroatoms. The summed E-state index contributed by atoms with van der Waals surface area (Å²) in [5.74, 6) is -1.27. The van der Waals surface area contributed by atoms with Crippen molar-refractivity contribution in [2.24, 2.45) is 33.9 Å². The molecule has 1 saturated heterocycles. The molecule has 5 N–H and O–H groups in total. The molecule has 46 heavy (non-hydrogen) atoms. The lowest BCUT2D eigenvalue weighted by Gasteiger charge is -2.64. The van der Waals surface area contributed by atoms with Gasteiger partial charge in [-0.25, -0.2) is 23.5 Å². The Balaban J connectivity index is 1.44. The number of guanidine groups is 1. The van der Waals surface area contributed by atoms with Crippen molar-refractivity contribution in [3.8, 4) is 0 Å². The van der Waals surface area contributed by atoms with Gasteiger partial charge in [-0.2, -0.15) is 0 Å². The first kappa shape index (κ1) is 35.6. The molecule has 1 aromatic rings. The first-order valence-corrected chi connectivity index (χ1v) is 17.6. The number of nitro groups is 1. The lowest BCUT2D eigenvalue weighted by atomic mass is 9.43. The molecule has 2 amide bonds. The molecule has 3 aliphatic carbocycles. The highest BCUT2D eigenvalue weighted by atomic mass is 32.2. The fraction of sp³-hybridized carbons (Fsp3) is 0.700. The number of hydrogen-bond donors (Lipinski definition) is 4. The maximum atomic E-state index is 13.8. The highest BCUT2D eigenvalue weighted by Gasteiger charge is 2.68. The van der Waals surface area contributed by atoms with E-state index in [9.17, 15) is 28.1 Å². The number of carbonyl (C=O) groups excluding carboxylic acids is 2. The van der Waals surface area contributed by atoms with Crippen LogP contribution >= 0.6 is 0 Å². The predicted octanol–water partition coefficient (Wildman–Crippen LogP) is 2.01. The zero-order valence-corrected chi connectivity index (χ0v) is 28.0. The molecule has 2 bridgehead atoms. The van der Waals surface area contributed by atoms with Gasteiger partial charge < -0.3 is 25.7 Å². The third-order valence-corrected chi connectivity index (χ3v) is 11.6. The molecule has 3 saturated carbocycles. The minimum absolute atomic E-state index is 0.0529. The Labute approximate surface area is 271 Å². The number of benzene rings is 1. The zero-order valence-electron chi connectivity index (χ0n) is 27.2. The minimum atomic E-state index is -3.71. The fourth-order valence-electron chi connectivity index (χ4n) is 7.23. The van der Waals surface area contributed by atoms with Crippen molar-refractivity contribution in [3.05, 3.63) is 40.4 Å². The van der Waals surface area contributed by atoms with E-state index in [1.54, 1.807) is 23.6 Å². The quantitative estimate of drug-likeness (QED) is 0.0537. The van der Waals surface area contributed by atoms with Gasteiger partial charge in [0, 0.05) is 13.0 Å². The smallest absolute Gasteiger partial charge is 0.404 e. The van der Waals surface area contributed by atoms with E-state index in [1.807, 2.05) is 13.8 Å². The number of amides is 2. The maximum absolute atomic E-state index is 13.8. The minimum Gasteiger partial charge on any atom is -0.404 e. The Kier molecular flexibility index (Phi) is 11.0. The van der Waals surface area contributed by atoms with E-state index in [4.69, 9.17) is 15.0 Å². The van der Waals surface area contributed by atoms with Crippen LogP contribution in [0.25, 0.3) is 0 Å². The van der Waals surface area contributed by atoms with Gasteiger partial charge >= 0.3 is 7.12 Å². The molecule has 0 aromatic heterocycles. The van der Waals surface area contributed by atoms with Crippen molar-refractivity contribution in [3.63, 3.8) is 0 Å². The molecular weight excluding hydrogens is 615 g/mol. The third-order valence-electron chi connectivity index (χ3n) is 9.84. The largest absolute Gasteiger partial charge is 0.481 e. The number of nitrogens with one attached hydrogen (secondary N) is 3. The van der Waals surface area contributed by atoms with E-state index >= 15 is 0 Å². The summed E-state index contributed by atoms with van der Waals surface area (Å²) >= 11 is 0. The standard InChI is InChI=1S/C30H47BN6O8S/c1-19(2)16-25(31-44-24-18-20-17-23(29(20,3)4)30(24,5)45-31)35-27(39)22(12-9-14-33-28(32)36-37(40)41)34-26(38)13-15-46(42,43)21-10-7-6-8-11-21/h6-8,10-11,19-20,22-25H,9,12-18H2,1-5H3,(H,34,38)(H,35,39)(H3,32,33,36)/t20-,22-,23-,24+,25-,30-/m0/s1. The van der Waals surface area contributed by atoms with Crippen LogP contribution < -0.4 is 21.8 Å². The Bertz CT molecular complexity index is 1410. The number of aliphatic imine (C=N–C) groups is 1. The Hall–Kier alpha value is -3.24. The summed E-state index contributed by atoms with van der Waals surface area (Å²) in [5.41, 5.74) is 6.95. The average molecular weight is 663 g/mol. The van der Waals surface area contributed by atoms with Crippen LogP contribution in [0.1, 0.15) is 73.1 Å². The zero-order chi connectivity index (χ0) is 33.9. The molecule has 5 rings (SSSR count). The maximum Gasteiger partial charge on any atom is 0.481 e. The summed E-state index contributed by atoms with van der Waals surface area (Å²) in [6.45, 7) is 10.8. The van der Waals surface area contributed by atoms with Crippen molar-refractivity contribution in [1.82, 2.24) is 16.1 Å². The number of nitrogens with two attached hydrogens (primary N) is 1. The second-order valence-corrected chi connectivity index (χ2v) is 16.0. The van der Waals surface area contributed by atoms with E-state index in [-0.39, 0.29) is 54.1 Å². The van der Waals surface area contributed by atoms with Gasteiger partial charge in [0.15, 0.2) is 14.9 Å². The van der Waals surface area contributed by atoms with Crippen LogP contribution in [0.15, 0.2) is 40.2 Å². The molecule has 6 atom stereocenters. The highest BCUT2D eigenvalue weighted by Crippen LogP contribution is 2.65. The number of sulfone groups is 1. The first-order chi connectivity index (χ1) is 21.5. The van der Waals surface area contributed by atoms with E-state index < -0.39 is 57.1 Å². The summed E-state index contributed by atoms with van der Waals surface area (Å²) < 4.78 is 38.6. The molecule has 254 valence electrons. The van der Waals surface area contributed by atoms with Gasteiger partial charge in [-0.1, -0.05) is 51.3 Å². The van der Waals surface area contributed by atoms with Gasteiger partial charge in [0.1, 0.15) is 6.04 Å². The molecule has 0 spiro atoms.